The average Bonchev–Trinajstić information content (AvgIpc) is 2.62. The number of carbonyl (C=O) groups is 2. The van der Waals surface area contributed by atoms with Crippen molar-refractivity contribution in [2.24, 2.45) is 0 Å². The van der Waals surface area contributed by atoms with Crippen molar-refractivity contribution in [3.8, 4) is 5.75 Å². The summed E-state index contributed by atoms with van der Waals surface area (Å²) in [6, 6.07) is 11.4. The van der Waals surface area contributed by atoms with E-state index in [1.165, 1.54) is 0 Å². The van der Waals surface area contributed by atoms with Crippen LogP contribution in [0.5, 0.6) is 5.75 Å². The minimum absolute atomic E-state index is 0.0729. The van der Waals surface area contributed by atoms with E-state index in [1.54, 1.807) is 0 Å². The molecule has 0 radical (unpaired) electrons. The quantitative estimate of drug-likeness (QED) is 0.668. The molecular weight excluding hydrogens is 342 g/mol. The molecule has 0 unspecified atom stereocenters. The van der Waals surface area contributed by atoms with E-state index < -0.39 is 0 Å². The Morgan fingerprint density at radius 2 is 1.56 bits per heavy atom. The summed E-state index contributed by atoms with van der Waals surface area (Å²) in [4.78, 5) is 24.1. The van der Waals surface area contributed by atoms with Gasteiger partial charge in [0.25, 0.3) is 0 Å². The first-order valence-electron chi connectivity index (χ1n) is 9.00. The van der Waals surface area contributed by atoms with Gasteiger partial charge in [0.15, 0.2) is 0 Å². The fourth-order valence-electron chi connectivity index (χ4n) is 2.82. The van der Waals surface area contributed by atoms with Crippen LogP contribution in [0.4, 0.5) is 11.4 Å². The van der Waals surface area contributed by atoms with Gasteiger partial charge in [-0.15, -0.1) is 0 Å². The summed E-state index contributed by atoms with van der Waals surface area (Å²) in [6.45, 7) is 8.47. The largest absolute Gasteiger partial charge is 0.494 e. The number of hydrogen-bond acceptors (Lipinski definition) is 4. The van der Waals surface area contributed by atoms with Crippen molar-refractivity contribution in [3.63, 3.8) is 0 Å². The lowest BCUT2D eigenvalue weighted by molar-refractivity contribution is -0.122. The van der Waals surface area contributed by atoms with Crippen LogP contribution in [-0.2, 0) is 9.59 Å². The van der Waals surface area contributed by atoms with E-state index >= 15 is 0 Å². The van der Waals surface area contributed by atoms with Crippen LogP contribution in [0.3, 0.4) is 0 Å². The summed E-state index contributed by atoms with van der Waals surface area (Å²) in [7, 11) is 0. The van der Waals surface area contributed by atoms with E-state index in [2.05, 4.69) is 16.0 Å². The second-order valence-electron chi connectivity index (χ2n) is 6.41. The highest BCUT2D eigenvalue weighted by Gasteiger charge is 2.10. The van der Waals surface area contributed by atoms with Gasteiger partial charge in [0.05, 0.1) is 19.7 Å². The van der Waals surface area contributed by atoms with Crippen LogP contribution in [0.2, 0.25) is 0 Å². The Hall–Kier alpha value is -3.02. The van der Waals surface area contributed by atoms with Crippen LogP contribution < -0.4 is 20.7 Å². The van der Waals surface area contributed by atoms with Gasteiger partial charge in [0.1, 0.15) is 5.75 Å². The molecule has 0 saturated heterocycles. The summed E-state index contributed by atoms with van der Waals surface area (Å²) >= 11 is 0. The van der Waals surface area contributed by atoms with E-state index in [9.17, 15) is 9.59 Å². The SMILES string of the molecule is CCOc1ccc(NCC(=O)NCC(=O)Nc2c(C)cc(C)cc2C)cc1. The van der Waals surface area contributed by atoms with Crippen molar-refractivity contribution in [3.05, 3.63) is 53.1 Å². The first kappa shape index (κ1) is 20.3. The molecule has 6 heteroatoms. The molecule has 0 aliphatic heterocycles. The van der Waals surface area contributed by atoms with Crippen molar-refractivity contribution in [1.29, 1.82) is 0 Å². The second kappa shape index (κ2) is 9.62. The molecule has 6 nitrogen and oxygen atoms in total. The van der Waals surface area contributed by atoms with Gasteiger partial charge in [-0.1, -0.05) is 17.7 Å². The summed E-state index contributed by atoms with van der Waals surface area (Å²) in [5.41, 5.74) is 4.77. The lowest BCUT2D eigenvalue weighted by Gasteiger charge is -2.13. The van der Waals surface area contributed by atoms with Crippen LogP contribution in [-0.4, -0.2) is 31.5 Å². The van der Waals surface area contributed by atoms with Gasteiger partial charge < -0.3 is 20.7 Å². The summed E-state index contributed by atoms with van der Waals surface area (Å²) < 4.78 is 5.37. The predicted octanol–water partition coefficient (Wildman–Crippen LogP) is 3.18. The third-order valence-corrected chi connectivity index (χ3v) is 4.01. The molecule has 3 N–H and O–H groups in total. The van der Waals surface area contributed by atoms with Gasteiger partial charge in [-0.05, 0) is 63.1 Å². The highest BCUT2D eigenvalue weighted by atomic mass is 16.5. The molecule has 2 amide bonds. The number of nitrogens with one attached hydrogen (secondary N) is 3. The molecule has 2 aromatic carbocycles. The number of hydrogen-bond donors (Lipinski definition) is 3. The molecule has 0 atom stereocenters. The van der Waals surface area contributed by atoms with E-state index in [4.69, 9.17) is 4.74 Å². The number of rotatable bonds is 8. The zero-order valence-corrected chi connectivity index (χ0v) is 16.3. The number of anilines is 2. The number of ether oxygens (including phenoxy) is 1. The first-order chi connectivity index (χ1) is 12.9. The standard InChI is InChI=1S/C21H27N3O3/c1-5-27-18-8-6-17(7-9-18)22-12-19(25)23-13-20(26)24-21-15(3)10-14(2)11-16(21)4/h6-11,22H,5,12-13H2,1-4H3,(H,23,25)(H,24,26). The fourth-order valence-corrected chi connectivity index (χ4v) is 2.82. The molecule has 0 saturated carbocycles. The molecule has 0 aliphatic rings. The highest BCUT2D eigenvalue weighted by Crippen LogP contribution is 2.21. The molecule has 0 aliphatic carbocycles. The molecule has 2 rings (SSSR count). The fraction of sp³-hybridized carbons (Fsp3) is 0.333. The van der Waals surface area contributed by atoms with Crippen LogP contribution in [0, 0.1) is 20.8 Å². The molecular formula is C21H27N3O3. The Morgan fingerprint density at radius 1 is 0.926 bits per heavy atom. The Bertz CT molecular complexity index is 778. The molecule has 27 heavy (non-hydrogen) atoms. The summed E-state index contributed by atoms with van der Waals surface area (Å²) in [6.07, 6.45) is 0. The average molecular weight is 369 g/mol. The molecule has 0 fully saturated rings. The molecule has 2 aromatic rings. The van der Waals surface area contributed by atoms with Gasteiger partial charge >= 0.3 is 0 Å². The minimum Gasteiger partial charge on any atom is -0.494 e. The molecule has 0 spiro atoms. The molecule has 0 aromatic heterocycles. The number of aryl methyl sites for hydroxylation is 3. The van der Waals surface area contributed by atoms with Gasteiger partial charge in [-0.3, -0.25) is 9.59 Å². The van der Waals surface area contributed by atoms with E-state index in [1.807, 2.05) is 64.1 Å². The monoisotopic (exact) mass is 369 g/mol. The lowest BCUT2D eigenvalue weighted by atomic mass is 10.1. The lowest BCUT2D eigenvalue weighted by Crippen LogP contribution is -2.36. The molecule has 0 bridgehead atoms. The van der Waals surface area contributed by atoms with E-state index in [0.717, 1.165) is 33.8 Å². The van der Waals surface area contributed by atoms with Crippen molar-refractivity contribution in [1.82, 2.24) is 5.32 Å². The van der Waals surface area contributed by atoms with E-state index in [-0.39, 0.29) is 24.9 Å². The Balaban J connectivity index is 1.77. The van der Waals surface area contributed by atoms with Gasteiger partial charge in [0, 0.05) is 11.4 Å². The van der Waals surface area contributed by atoms with Crippen LogP contribution >= 0.6 is 0 Å². The summed E-state index contributed by atoms with van der Waals surface area (Å²) in [5, 5.41) is 8.49. The normalized spacial score (nSPS) is 10.2. The Labute approximate surface area is 160 Å². The van der Waals surface area contributed by atoms with Gasteiger partial charge in [0.2, 0.25) is 11.8 Å². The number of benzene rings is 2. The number of amides is 2. The number of carbonyl (C=O) groups excluding carboxylic acids is 2. The zero-order valence-electron chi connectivity index (χ0n) is 16.3. The summed E-state index contributed by atoms with van der Waals surface area (Å²) in [5.74, 6) is 0.279. The zero-order chi connectivity index (χ0) is 19.8. The predicted molar refractivity (Wildman–Crippen MR) is 108 cm³/mol. The Morgan fingerprint density at radius 3 is 2.15 bits per heavy atom. The maximum Gasteiger partial charge on any atom is 0.243 e. The maximum atomic E-state index is 12.1. The third-order valence-electron chi connectivity index (χ3n) is 4.01. The smallest absolute Gasteiger partial charge is 0.243 e. The van der Waals surface area contributed by atoms with Crippen molar-refractivity contribution in [2.75, 3.05) is 30.3 Å². The molecule has 0 heterocycles. The minimum atomic E-state index is -0.253. The van der Waals surface area contributed by atoms with Gasteiger partial charge in [-0.25, -0.2) is 0 Å². The van der Waals surface area contributed by atoms with E-state index in [0.29, 0.717) is 6.61 Å². The third kappa shape index (κ3) is 6.33. The van der Waals surface area contributed by atoms with Crippen LogP contribution in [0.25, 0.3) is 0 Å². The van der Waals surface area contributed by atoms with Crippen molar-refractivity contribution < 1.29 is 14.3 Å². The van der Waals surface area contributed by atoms with Gasteiger partial charge in [-0.2, -0.15) is 0 Å². The van der Waals surface area contributed by atoms with Crippen molar-refractivity contribution in [2.45, 2.75) is 27.7 Å². The topological polar surface area (TPSA) is 79.5 Å². The Kier molecular flexibility index (Phi) is 7.23. The highest BCUT2D eigenvalue weighted by molar-refractivity contribution is 5.96. The van der Waals surface area contributed by atoms with Crippen molar-refractivity contribution >= 4 is 23.2 Å². The van der Waals surface area contributed by atoms with Crippen LogP contribution in [0.15, 0.2) is 36.4 Å². The van der Waals surface area contributed by atoms with Crippen LogP contribution in [0.1, 0.15) is 23.6 Å². The molecule has 144 valence electrons. The maximum absolute atomic E-state index is 12.1. The second-order valence-corrected chi connectivity index (χ2v) is 6.41. The first-order valence-corrected chi connectivity index (χ1v) is 9.00.